The molecule has 0 spiro atoms. The standard InChI is InChI=1S/C24H23N3/c1-16-11-20-13-26-15-24(20)22(17(16)2)10-9-21-8-7-19(14-27-21)23-6-4-3-5-18(23)12-25/h3-10,14-17,22H,11,13H2,1-2H3/b10-9+/t16-,17+,22-/m0/s1. The topological polar surface area (TPSA) is 49.0 Å². The van der Waals surface area contributed by atoms with Gasteiger partial charge in [-0.15, -0.1) is 0 Å². The van der Waals surface area contributed by atoms with E-state index in [-0.39, 0.29) is 0 Å². The molecule has 0 fully saturated rings. The van der Waals surface area contributed by atoms with Gasteiger partial charge < -0.3 is 0 Å². The number of benzene rings is 1. The van der Waals surface area contributed by atoms with E-state index < -0.39 is 0 Å². The number of aliphatic imine (C=N–C) groups is 1. The molecular formula is C24H23N3. The van der Waals surface area contributed by atoms with E-state index in [4.69, 9.17) is 0 Å². The zero-order valence-electron chi connectivity index (χ0n) is 15.8. The van der Waals surface area contributed by atoms with Crippen LogP contribution in [0.4, 0.5) is 0 Å². The van der Waals surface area contributed by atoms with Crippen LogP contribution in [-0.4, -0.2) is 17.7 Å². The summed E-state index contributed by atoms with van der Waals surface area (Å²) in [5, 5.41) is 9.29. The molecule has 0 radical (unpaired) electrons. The summed E-state index contributed by atoms with van der Waals surface area (Å²) in [6.07, 6.45) is 9.51. The summed E-state index contributed by atoms with van der Waals surface area (Å²) in [4.78, 5) is 9.09. The molecule has 0 N–H and O–H groups in total. The van der Waals surface area contributed by atoms with Crippen LogP contribution in [0.15, 0.2) is 64.8 Å². The molecule has 1 aliphatic heterocycles. The van der Waals surface area contributed by atoms with Gasteiger partial charge in [0.15, 0.2) is 0 Å². The highest BCUT2D eigenvalue weighted by atomic mass is 14.7. The van der Waals surface area contributed by atoms with Gasteiger partial charge in [0.05, 0.1) is 23.9 Å². The fourth-order valence-electron chi connectivity index (χ4n) is 4.13. The quantitative estimate of drug-likeness (QED) is 0.751. The van der Waals surface area contributed by atoms with Gasteiger partial charge in [-0.25, -0.2) is 0 Å². The lowest BCUT2D eigenvalue weighted by Gasteiger charge is -2.33. The number of hydrogen-bond donors (Lipinski definition) is 0. The second-order valence-electron chi connectivity index (χ2n) is 7.58. The molecule has 2 aliphatic rings. The maximum atomic E-state index is 9.29. The van der Waals surface area contributed by atoms with Crippen molar-refractivity contribution in [3.8, 4) is 17.2 Å². The van der Waals surface area contributed by atoms with Crippen LogP contribution in [0.1, 0.15) is 31.5 Å². The Morgan fingerprint density at radius 2 is 2.00 bits per heavy atom. The third-order valence-corrected chi connectivity index (χ3v) is 5.93. The second kappa shape index (κ2) is 7.32. The first kappa shape index (κ1) is 17.4. The number of pyridine rings is 1. The fraction of sp³-hybridized carbons (Fsp3) is 0.292. The predicted octanol–water partition coefficient (Wildman–Crippen LogP) is 5.31. The number of aromatic nitrogens is 1. The fourth-order valence-corrected chi connectivity index (χ4v) is 4.13. The maximum Gasteiger partial charge on any atom is 0.0998 e. The lowest BCUT2D eigenvalue weighted by molar-refractivity contribution is 0.313. The molecule has 2 aromatic rings. The average Bonchev–Trinajstić information content (AvgIpc) is 3.16. The first-order chi connectivity index (χ1) is 13.2. The van der Waals surface area contributed by atoms with Crippen LogP contribution in [-0.2, 0) is 0 Å². The van der Waals surface area contributed by atoms with Crippen LogP contribution in [0.3, 0.4) is 0 Å². The molecule has 1 aliphatic carbocycles. The monoisotopic (exact) mass is 353 g/mol. The van der Waals surface area contributed by atoms with Crippen molar-refractivity contribution in [2.75, 3.05) is 6.54 Å². The number of nitrogens with zero attached hydrogens (tertiary/aromatic N) is 3. The third-order valence-electron chi connectivity index (χ3n) is 5.93. The van der Waals surface area contributed by atoms with Gasteiger partial charge in [0, 0.05) is 29.5 Å². The molecule has 3 nitrogen and oxygen atoms in total. The molecule has 2 heterocycles. The summed E-state index contributed by atoms with van der Waals surface area (Å²) in [5.41, 5.74) is 6.43. The number of rotatable bonds is 3. The molecule has 134 valence electrons. The minimum Gasteiger partial charge on any atom is -0.288 e. The Labute approximate surface area is 160 Å². The van der Waals surface area contributed by atoms with E-state index in [1.165, 1.54) is 17.6 Å². The zero-order chi connectivity index (χ0) is 18.8. The first-order valence-electron chi connectivity index (χ1n) is 9.53. The molecule has 0 bridgehead atoms. The molecular weight excluding hydrogens is 330 g/mol. The van der Waals surface area contributed by atoms with Gasteiger partial charge in [-0.2, -0.15) is 5.26 Å². The molecule has 0 saturated heterocycles. The molecule has 27 heavy (non-hydrogen) atoms. The Balaban J connectivity index is 1.57. The molecule has 0 saturated carbocycles. The Hall–Kier alpha value is -2.99. The van der Waals surface area contributed by atoms with Crippen LogP contribution in [0.25, 0.3) is 17.2 Å². The van der Waals surface area contributed by atoms with E-state index in [9.17, 15) is 5.26 Å². The highest BCUT2D eigenvalue weighted by Crippen LogP contribution is 2.40. The van der Waals surface area contributed by atoms with Gasteiger partial charge in [0.25, 0.3) is 0 Å². The molecule has 3 heteroatoms. The molecule has 4 rings (SSSR count). The third kappa shape index (κ3) is 3.36. The molecule has 1 aromatic heterocycles. The zero-order valence-corrected chi connectivity index (χ0v) is 15.8. The van der Waals surface area contributed by atoms with Gasteiger partial charge in [-0.3, -0.25) is 9.98 Å². The van der Waals surface area contributed by atoms with Gasteiger partial charge in [-0.05, 0) is 47.6 Å². The second-order valence-corrected chi connectivity index (χ2v) is 7.58. The van der Waals surface area contributed by atoms with Gasteiger partial charge in [0.1, 0.15) is 0 Å². The van der Waals surface area contributed by atoms with E-state index in [2.05, 4.69) is 48.3 Å². The van der Waals surface area contributed by atoms with E-state index in [1.54, 1.807) is 0 Å². The van der Waals surface area contributed by atoms with Crippen molar-refractivity contribution < 1.29 is 0 Å². The lowest BCUT2D eigenvalue weighted by Crippen LogP contribution is -2.25. The smallest absolute Gasteiger partial charge is 0.0998 e. The molecule has 3 atom stereocenters. The summed E-state index contributed by atoms with van der Waals surface area (Å²) >= 11 is 0. The summed E-state index contributed by atoms with van der Waals surface area (Å²) in [7, 11) is 0. The summed E-state index contributed by atoms with van der Waals surface area (Å²) in [6, 6.07) is 13.9. The summed E-state index contributed by atoms with van der Waals surface area (Å²) in [5.74, 6) is 1.69. The van der Waals surface area contributed by atoms with Crippen LogP contribution in [0, 0.1) is 29.1 Å². The minimum absolute atomic E-state index is 0.413. The Morgan fingerprint density at radius 3 is 2.78 bits per heavy atom. The van der Waals surface area contributed by atoms with Crippen molar-refractivity contribution in [2.45, 2.75) is 20.3 Å². The van der Waals surface area contributed by atoms with E-state index in [0.29, 0.717) is 23.3 Å². The van der Waals surface area contributed by atoms with E-state index >= 15 is 0 Å². The summed E-state index contributed by atoms with van der Waals surface area (Å²) in [6.45, 7) is 5.56. The SMILES string of the molecule is C[C@H]1[C@H](/C=C/c2ccc(-c3ccccc3C#N)cn2)C2=C(CN=C2)C[C@@H]1C. The molecule has 1 aromatic carbocycles. The Bertz CT molecular complexity index is 973. The molecule has 0 amide bonds. The Morgan fingerprint density at radius 1 is 1.15 bits per heavy atom. The van der Waals surface area contributed by atoms with Gasteiger partial charge in [-0.1, -0.05) is 44.2 Å². The van der Waals surface area contributed by atoms with Crippen LogP contribution >= 0.6 is 0 Å². The largest absolute Gasteiger partial charge is 0.288 e. The average molecular weight is 353 g/mol. The number of nitriles is 1. The van der Waals surface area contributed by atoms with Crippen molar-refractivity contribution >= 4 is 12.3 Å². The normalized spacial score (nSPS) is 24.3. The lowest BCUT2D eigenvalue weighted by atomic mass is 9.71. The van der Waals surface area contributed by atoms with E-state index in [1.807, 2.05) is 42.6 Å². The van der Waals surface area contributed by atoms with Crippen LogP contribution in [0.5, 0.6) is 0 Å². The van der Waals surface area contributed by atoms with Crippen molar-refractivity contribution in [3.05, 3.63) is 71.1 Å². The number of allylic oxidation sites excluding steroid dienone is 2. The number of hydrogen-bond acceptors (Lipinski definition) is 3. The predicted molar refractivity (Wildman–Crippen MR) is 110 cm³/mol. The Kier molecular flexibility index (Phi) is 4.73. The van der Waals surface area contributed by atoms with E-state index in [0.717, 1.165) is 23.4 Å². The van der Waals surface area contributed by atoms with Crippen molar-refractivity contribution in [3.63, 3.8) is 0 Å². The highest BCUT2D eigenvalue weighted by Gasteiger charge is 2.32. The van der Waals surface area contributed by atoms with Crippen molar-refractivity contribution in [1.29, 1.82) is 5.26 Å². The minimum atomic E-state index is 0.413. The van der Waals surface area contributed by atoms with Crippen LogP contribution < -0.4 is 0 Å². The van der Waals surface area contributed by atoms with Gasteiger partial charge >= 0.3 is 0 Å². The first-order valence-corrected chi connectivity index (χ1v) is 9.53. The highest BCUT2D eigenvalue weighted by molar-refractivity contribution is 5.84. The summed E-state index contributed by atoms with van der Waals surface area (Å²) < 4.78 is 0. The van der Waals surface area contributed by atoms with Gasteiger partial charge in [0.2, 0.25) is 0 Å². The van der Waals surface area contributed by atoms with Crippen molar-refractivity contribution in [1.82, 2.24) is 4.98 Å². The van der Waals surface area contributed by atoms with Crippen molar-refractivity contribution in [2.24, 2.45) is 22.7 Å². The molecule has 0 unspecified atom stereocenters. The maximum absolute atomic E-state index is 9.29. The van der Waals surface area contributed by atoms with Crippen LogP contribution in [0.2, 0.25) is 0 Å².